The molecule has 1 aliphatic rings. The maximum Gasteiger partial charge on any atom is 0.195 e. The number of fused-ring (bicyclic) bond motifs is 1. The van der Waals surface area contributed by atoms with Crippen LogP contribution in [-0.2, 0) is 15.2 Å². The highest BCUT2D eigenvalue weighted by Gasteiger charge is 2.32. The van der Waals surface area contributed by atoms with E-state index in [2.05, 4.69) is 25.3 Å². The van der Waals surface area contributed by atoms with Crippen molar-refractivity contribution in [3.8, 4) is 0 Å². The van der Waals surface area contributed by atoms with E-state index in [4.69, 9.17) is 0 Å². The fourth-order valence-electron chi connectivity index (χ4n) is 2.48. The van der Waals surface area contributed by atoms with Gasteiger partial charge in [-0.25, -0.2) is 13.4 Å². The smallest absolute Gasteiger partial charge is 0.195 e. The summed E-state index contributed by atoms with van der Waals surface area (Å²) in [6.45, 7) is 0. The maximum absolute atomic E-state index is 11.6. The molecule has 0 radical (unpaired) electrons. The second kappa shape index (κ2) is 4.75. The van der Waals surface area contributed by atoms with E-state index in [1.54, 1.807) is 11.3 Å². The van der Waals surface area contributed by atoms with Gasteiger partial charge in [0, 0.05) is 30.0 Å². The molecule has 1 aliphatic heterocycles. The summed E-state index contributed by atoms with van der Waals surface area (Å²) in [5, 5.41) is 2.70. The van der Waals surface area contributed by atoms with Gasteiger partial charge in [-0.3, -0.25) is 4.40 Å². The molecule has 1 fully saturated rings. The fourth-order valence-corrected chi connectivity index (χ4v) is 5.50. The molecule has 5 nitrogen and oxygen atoms in total. The monoisotopic (exact) mass is 363 g/mol. The van der Waals surface area contributed by atoms with Crippen LogP contribution >= 0.6 is 27.3 Å². The van der Waals surface area contributed by atoms with Crippen molar-refractivity contribution in [2.75, 3.05) is 23.5 Å². The Balaban J connectivity index is 1.97. The summed E-state index contributed by atoms with van der Waals surface area (Å²) in [6, 6.07) is 0.0346. The molecule has 0 spiro atoms. The van der Waals surface area contributed by atoms with Gasteiger partial charge < -0.3 is 4.90 Å². The van der Waals surface area contributed by atoms with E-state index >= 15 is 0 Å². The molecule has 0 aliphatic carbocycles. The molecule has 19 heavy (non-hydrogen) atoms. The van der Waals surface area contributed by atoms with Gasteiger partial charge in [-0.05, 0) is 6.42 Å². The first-order chi connectivity index (χ1) is 9.02. The molecular weight excluding hydrogens is 350 g/mol. The SMILES string of the molecule is CN(c1nc2sccn2c1CBr)C1CCS(=O)(=O)C1. The Labute approximate surface area is 124 Å². The molecule has 2 aromatic heterocycles. The number of hydrogen-bond donors (Lipinski definition) is 0. The Morgan fingerprint density at radius 2 is 2.42 bits per heavy atom. The topological polar surface area (TPSA) is 54.7 Å². The van der Waals surface area contributed by atoms with Crippen LogP contribution in [0, 0.1) is 0 Å². The van der Waals surface area contributed by atoms with Gasteiger partial charge in [-0.2, -0.15) is 0 Å². The first-order valence-electron chi connectivity index (χ1n) is 5.95. The quantitative estimate of drug-likeness (QED) is 0.781. The first kappa shape index (κ1) is 13.4. The molecular formula is C11H14BrN3O2S2. The number of aromatic nitrogens is 2. The molecule has 1 saturated heterocycles. The number of hydrogen-bond acceptors (Lipinski definition) is 5. The van der Waals surface area contributed by atoms with Crippen molar-refractivity contribution >= 4 is 47.9 Å². The summed E-state index contributed by atoms with van der Waals surface area (Å²) in [6.07, 6.45) is 2.68. The molecule has 8 heteroatoms. The van der Waals surface area contributed by atoms with E-state index in [0.717, 1.165) is 16.5 Å². The van der Waals surface area contributed by atoms with E-state index in [1.165, 1.54) is 0 Å². The third kappa shape index (κ3) is 2.30. The highest BCUT2D eigenvalue weighted by Crippen LogP contribution is 2.29. The van der Waals surface area contributed by atoms with Gasteiger partial charge in [-0.1, -0.05) is 15.9 Å². The minimum absolute atomic E-state index is 0.0346. The number of thiazole rings is 1. The number of anilines is 1. The Hall–Kier alpha value is -0.600. The zero-order chi connectivity index (χ0) is 13.6. The summed E-state index contributed by atoms with van der Waals surface area (Å²) in [4.78, 5) is 7.57. The second-order valence-corrected chi connectivity index (χ2v) is 8.40. The van der Waals surface area contributed by atoms with Crippen molar-refractivity contribution in [2.45, 2.75) is 17.8 Å². The van der Waals surface area contributed by atoms with Crippen LogP contribution in [0.15, 0.2) is 11.6 Å². The first-order valence-corrected chi connectivity index (χ1v) is 9.78. The lowest BCUT2D eigenvalue weighted by Crippen LogP contribution is -2.33. The number of imidazole rings is 1. The number of rotatable bonds is 3. The van der Waals surface area contributed by atoms with Crippen molar-refractivity contribution in [3.63, 3.8) is 0 Å². The molecule has 1 atom stereocenters. The molecule has 0 aromatic carbocycles. The summed E-state index contributed by atoms with van der Waals surface area (Å²) in [7, 11) is -0.935. The van der Waals surface area contributed by atoms with Crippen molar-refractivity contribution in [1.29, 1.82) is 0 Å². The van der Waals surface area contributed by atoms with E-state index in [-0.39, 0.29) is 17.5 Å². The number of sulfone groups is 1. The molecule has 1 unspecified atom stereocenters. The van der Waals surface area contributed by atoms with Crippen LogP contribution in [0.1, 0.15) is 12.1 Å². The lowest BCUT2D eigenvalue weighted by molar-refractivity contribution is 0.600. The van der Waals surface area contributed by atoms with Gasteiger partial charge in [-0.15, -0.1) is 11.3 Å². The van der Waals surface area contributed by atoms with Crippen LogP contribution in [0.3, 0.4) is 0 Å². The van der Waals surface area contributed by atoms with Gasteiger partial charge in [0.05, 0.1) is 17.2 Å². The van der Waals surface area contributed by atoms with Gasteiger partial charge >= 0.3 is 0 Å². The van der Waals surface area contributed by atoms with Crippen LogP contribution in [0.4, 0.5) is 5.82 Å². The third-order valence-electron chi connectivity index (χ3n) is 3.56. The fraction of sp³-hybridized carbons (Fsp3) is 0.545. The average molecular weight is 364 g/mol. The lowest BCUT2D eigenvalue weighted by Gasteiger charge is -2.24. The van der Waals surface area contributed by atoms with Crippen LogP contribution in [0.5, 0.6) is 0 Å². The van der Waals surface area contributed by atoms with E-state index in [9.17, 15) is 8.42 Å². The molecule has 104 valence electrons. The molecule has 0 N–H and O–H groups in total. The second-order valence-electron chi connectivity index (χ2n) is 4.74. The number of halogens is 1. The van der Waals surface area contributed by atoms with Crippen molar-refractivity contribution in [3.05, 3.63) is 17.3 Å². The summed E-state index contributed by atoms with van der Waals surface area (Å²) >= 11 is 5.08. The molecule has 3 rings (SSSR count). The Morgan fingerprint density at radius 1 is 1.63 bits per heavy atom. The van der Waals surface area contributed by atoms with E-state index in [0.29, 0.717) is 11.8 Å². The van der Waals surface area contributed by atoms with E-state index in [1.807, 2.05) is 23.5 Å². The standard InChI is InChI=1S/C11H14BrN3O2S2/c1-14(8-2-5-19(16,17)7-8)10-9(6-12)15-3-4-18-11(15)13-10/h3-4,8H,2,5-7H2,1H3. The summed E-state index contributed by atoms with van der Waals surface area (Å²) < 4.78 is 25.2. The van der Waals surface area contributed by atoms with Gasteiger partial charge in [0.2, 0.25) is 0 Å². The van der Waals surface area contributed by atoms with E-state index < -0.39 is 9.84 Å². The highest BCUT2D eigenvalue weighted by molar-refractivity contribution is 9.08. The zero-order valence-electron chi connectivity index (χ0n) is 10.4. The van der Waals surface area contributed by atoms with Gasteiger partial charge in [0.1, 0.15) is 0 Å². The lowest BCUT2D eigenvalue weighted by atomic mass is 10.2. The van der Waals surface area contributed by atoms with Crippen LogP contribution in [0.25, 0.3) is 4.96 Å². The number of alkyl halides is 1. The predicted octanol–water partition coefficient (Wildman–Crippen LogP) is 1.91. The minimum atomic E-state index is -2.87. The molecule has 2 aromatic rings. The highest BCUT2D eigenvalue weighted by atomic mass is 79.9. The predicted molar refractivity (Wildman–Crippen MR) is 81.2 cm³/mol. The van der Waals surface area contributed by atoms with Crippen LogP contribution < -0.4 is 4.90 Å². The van der Waals surface area contributed by atoms with Crippen molar-refractivity contribution in [2.24, 2.45) is 0 Å². The van der Waals surface area contributed by atoms with Gasteiger partial charge in [0.25, 0.3) is 0 Å². The Morgan fingerprint density at radius 3 is 3.05 bits per heavy atom. The van der Waals surface area contributed by atoms with Gasteiger partial charge in [0.15, 0.2) is 20.6 Å². The van der Waals surface area contributed by atoms with Crippen molar-refractivity contribution in [1.82, 2.24) is 9.38 Å². The molecule has 0 bridgehead atoms. The normalized spacial score (nSPS) is 22.1. The Bertz CT molecular complexity index is 707. The Kier molecular flexibility index (Phi) is 3.34. The zero-order valence-corrected chi connectivity index (χ0v) is 13.6. The number of nitrogens with zero attached hydrogens (tertiary/aromatic N) is 3. The largest absolute Gasteiger partial charge is 0.354 e. The minimum Gasteiger partial charge on any atom is -0.354 e. The van der Waals surface area contributed by atoms with Crippen LogP contribution in [0.2, 0.25) is 0 Å². The molecule has 0 amide bonds. The molecule has 0 saturated carbocycles. The maximum atomic E-state index is 11.6. The molecule has 3 heterocycles. The average Bonchev–Trinajstić information content (AvgIpc) is 3.00. The third-order valence-corrected chi connectivity index (χ3v) is 6.59. The summed E-state index contributed by atoms with van der Waals surface area (Å²) in [5.41, 5.74) is 1.07. The summed E-state index contributed by atoms with van der Waals surface area (Å²) in [5.74, 6) is 1.40. The van der Waals surface area contributed by atoms with Crippen LogP contribution in [-0.4, -0.2) is 42.4 Å². The van der Waals surface area contributed by atoms with Crippen molar-refractivity contribution < 1.29 is 8.42 Å².